The number of hydrogen-bond donors (Lipinski definition) is 3. The van der Waals surface area contributed by atoms with Crippen molar-refractivity contribution in [3.05, 3.63) is 36.5 Å². The molecule has 0 saturated carbocycles. The Kier molecular flexibility index (Phi) is 5.88. The molecule has 0 spiro atoms. The molecule has 1 aliphatic heterocycles. The van der Waals surface area contributed by atoms with Crippen LogP contribution in [0.25, 0.3) is 10.9 Å². The molecule has 3 N–H and O–H groups in total. The van der Waals surface area contributed by atoms with Crippen LogP contribution in [0, 0.1) is 5.92 Å². The summed E-state index contributed by atoms with van der Waals surface area (Å²) in [7, 11) is 0. The number of aromatic amines is 1. The number of benzene rings is 1. The Labute approximate surface area is 153 Å². The van der Waals surface area contributed by atoms with Crippen molar-refractivity contribution >= 4 is 29.0 Å². The van der Waals surface area contributed by atoms with E-state index >= 15 is 0 Å². The van der Waals surface area contributed by atoms with Crippen LogP contribution < -0.4 is 15.5 Å². The lowest BCUT2D eigenvalue weighted by Crippen LogP contribution is -2.27. The number of nitrogens with one attached hydrogen (secondary N) is 3. The van der Waals surface area contributed by atoms with Gasteiger partial charge in [0.2, 0.25) is 5.91 Å². The van der Waals surface area contributed by atoms with E-state index in [0.717, 1.165) is 42.7 Å². The predicted octanol–water partition coefficient (Wildman–Crippen LogP) is 2.05. The van der Waals surface area contributed by atoms with E-state index in [4.69, 9.17) is 0 Å². The SMILES string of the molecule is C=C(NCCCN=CNCC)C1CC(=O)N(c2n[nH]c3ccccc23)C1. The molecule has 3 rings (SSSR count). The molecule has 2 heterocycles. The second-order valence-corrected chi connectivity index (χ2v) is 6.40. The molecule has 1 saturated heterocycles. The van der Waals surface area contributed by atoms with Crippen LogP contribution in [0.2, 0.25) is 0 Å². The molecule has 2 aromatic rings. The topological polar surface area (TPSA) is 85.4 Å². The number of hydrogen-bond acceptors (Lipinski definition) is 4. The molecule has 0 aliphatic carbocycles. The number of nitrogens with zero attached hydrogens (tertiary/aromatic N) is 3. The summed E-state index contributed by atoms with van der Waals surface area (Å²) in [5.41, 5.74) is 1.85. The molecule has 1 atom stereocenters. The summed E-state index contributed by atoms with van der Waals surface area (Å²) in [4.78, 5) is 18.5. The molecule has 1 unspecified atom stereocenters. The minimum absolute atomic E-state index is 0.0884. The van der Waals surface area contributed by atoms with E-state index in [1.165, 1.54) is 0 Å². The first-order chi connectivity index (χ1) is 12.7. The van der Waals surface area contributed by atoms with Gasteiger partial charge in [0.05, 0.1) is 11.9 Å². The second-order valence-electron chi connectivity index (χ2n) is 6.40. The van der Waals surface area contributed by atoms with Crippen molar-refractivity contribution in [2.45, 2.75) is 19.8 Å². The van der Waals surface area contributed by atoms with Gasteiger partial charge in [-0.05, 0) is 25.5 Å². The van der Waals surface area contributed by atoms with E-state index in [1.807, 2.05) is 31.2 Å². The second kappa shape index (κ2) is 8.51. The van der Waals surface area contributed by atoms with E-state index < -0.39 is 0 Å². The van der Waals surface area contributed by atoms with E-state index in [-0.39, 0.29) is 11.8 Å². The summed E-state index contributed by atoms with van der Waals surface area (Å²) in [6, 6.07) is 7.85. The molecular weight excluding hydrogens is 328 g/mol. The summed E-state index contributed by atoms with van der Waals surface area (Å²) in [5.74, 6) is 0.896. The molecule has 1 amide bonds. The maximum absolute atomic E-state index is 12.5. The van der Waals surface area contributed by atoms with Gasteiger partial charge >= 0.3 is 0 Å². The lowest BCUT2D eigenvalue weighted by Gasteiger charge is -2.17. The molecule has 1 fully saturated rings. The number of amides is 1. The summed E-state index contributed by atoms with van der Waals surface area (Å²) < 4.78 is 0. The molecule has 26 heavy (non-hydrogen) atoms. The monoisotopic (exact) mass is 354 g/mol. The zero-order valence-electron chi connectivity index (χ0n) is 15.2. The van der Waals surface area contributed by atoms with Crippen LogP contribution in [0.5, 0.6) is 0 Å². The van der Waals surface area contributed by atoms with Crippen molar-refractivity contribution in [3.8, 4) is 0 Å². The first-order valence-electron chi connectivity index (χ1n) is 9.08. The van der Waals surface area contributed by atoms with Crippen molar-refractivity contribution in [2.24, 2.45) is 10.9 Å². The van der Waals surface area contributed by atoms with Gasteiger partial charge in [-0.25, -0.2) is 0 Å². The molecule has 0 radical (unpaired) electrons. The molecule has 138 valence electrons. The Balaban J connectivity index is 1.52. The van der Waals surface area contributed by atoms with Crippen molar-refractivity contribution in [2.75, 3.05) is 31.1 Å². The molecule has 1 aromatic carbocycles. The van der Waals surface area contributed by atoms with Crippen LogP contribution in [-0.4, -0.2) is 48.6 Å². The van der Waals surface area contributed by atoms with Gasteiger partial charge in [0.15, 0.2) is 5.82 Å². The third-order valence-electron chi connectivity index (χ3n) is 4.53. The minimum Gasteiger partial charge on any atom is -0.388 e. The first kappa shape index (κ1) is 18.0. The summed E-state index contributed by atoms with van der Waals surface area (Å²) >= 11 is 0. The van der Waals surface area contributed by atoms with Crippen LogP contribution in [0.3, 0.4) is 0 Å². The number of carbonyl (C=O) groups excluding carboxylic acids is 1. The van der Waals surface area contributed by atoms with E-state index in [2.05, 4.69) is 32.4 Å². The Bertz CT molecular complexity index is 796. The zero-order valence-corrected chi connectivity index (χ0v) is 15.2. The number of aliphatic imine (C=N–C) groups is 1. The number of carbonyl (C=O) groups is 1. The number of fused-ring (bicyclic) bond motifs is 1. The molecule has 1 aliphatic rings. The smallest absolute Gasteiger partial charge is 0.228 e. The minimum atomic E-state index is 0.0884. The standard InChI is InChI=1S/C19H26N6O/c1-3-20-13-21-9-6-10-22-14(2)15-11-18(26)25(12-15)19-16-7-4-5-8-17(16)23-24-19/h4-5,7-8,13,15,22H,2-3,6,9-12H2,1H3,(H,20,21)(H,23,24). The highest BCUT2D eigenvalue weighted by Gasteiger charge is 2.34. The molecule has 7 heteroatoms. The van der Waals surface area contributed by atoms with Gasteiger partial charge in [-0.3, -0.25) is 19.8 Å². The van der Waals surface area contributed by atoms with Gasteiger partial charge in [0.1, 0.15) is 0 Å². The Morgan fingerprint density at radius 3 is 3.19 bits per heavy atom. The third kappa shape index (κ3) is 4.04. The third-order valence-corrected chi connectivity index (χ3v) is 4.53. The van der Waals surface area contributed by atoms with Crippen molar-refractivity contribution in [3.63, 3.8) is 0 Å². The van der Waals surface area contributed by atoms with E-state index in [9.17, 15) is 4.79 Å². The number of aromatic nitrogens is 2. The van der Waals surface area contributed by atoms with Crippen LogP contribution >= 0.6 is 0 Å². The van der Waals surface area contributed by atoms with Crippen LogP contribution in [0.4, 0.5) is 5.82 Å². The highest BCUT2D eigenvalue weighted by molar-refractivity contribution is 6.02. The van der Waals surface area contributed by atoms with Gasteiger partial charge < -0.3 is 10.6 Å². The number of rotatable bonds is 9. The van der Waals surface area contributed by atoms with Crippen LogP contribution in [-0.2, 0) is 4.79 Å². The largest absolute Gasteiger partial charge is 0.388 e. The Hall–Kier alpha value is -2.83. The normalized spacial score (nSPS) is 17.3. The van der Waals surface area contributed by atoms with Gasteiger partial charge in [-0.15, -0.1) is 0 Å². The van der Waals surface area contributed by atoms with Crippen molar-refractivity contribution in [1.82, 2.24) is 20.8 Å². The molecular formula is C19H26N6O. The maximum atomic E-state index is 12.5. The van der Waals surface area contributed by atoms with Crippen LogP contribution in [0.15, 0.2) is 41.5 Å². The van der Waals surface area contributed by atoms with Gasteiger partial charge in [0, 0.05) is 49.6 Å². The number of anilines is 1. The quantitative estimate of drug-likeness (QED) is 0.365. The Morgan fingerprint density at radius 2 is 2.35 bits per heavy atom. The van der Waals surface area contributed by atoms with Crippen molar-refractivity contribution < 1.29 is 4.79 Å². The van der Waals surface area contributed by atoms with E-state index in [0.29, 0.717) is 18.8 Å². The fourth-order valence-electron chi connectivity index (χ4n) is 3.08. The summed E-state index contributed by atoms with van der Waals surface area (Å²) in [5, 5.41) is 14.7. The summed E-state index contributed by atoms with van der Waals surface area (Å²) in [6.45, 7) is 9.23. The summed E-state index contributed by atoms with van der Waals surface area (Å²) in [6.07, 6.45) is 3.14. The molecule has 0 bridgehead atoms. The molecule has 7 nitrogen and oxygen atoms in total. The first-order valence-corrected chi connectivity index (χ1v) is 9.08. The average Bonchev–Trinajstić information content (AvgIpc) is 3.24. The average molecular weight is 354 g/mol. The van der Waals surface area contributed by atoms with Gasteiger partial charge in [0.25, 0.3) is 0 Å². The zero-order chi connectivity index (χ0) is 18.4. The maximum Gasteiger partial charge on any atom is 0.228 e. The fourth-order valence-corrected chi connectivity index (χ4v) is 3.08. The molecule has 1 aromatic heterocycles. The highest BCUT2D eigenvalue weighted by atomic mass is 16.2. The van der Waals surface area contributed by atoms with E-state index in [1.54, 1.807) is 11.2 Å². The van der Waals surface area contributed by atoms with Gasteiger partial charge in [-0.1, -0.05) is 18.7 Å². The lowest BCUT2D eigenvalue weighted by molar-refractivity contribution is -0.117. The van der Waals surface area contributed by atoms with Gasteiger partial charge in [-0.2, -0.15) is 5.10 Å². The Morgan fingerprint density at radius 1 is 1.50 bits per heavy atom. The highest BCUT2D eigenvalue weighted by Crippen LogP contribution is 2.31. The van der Waals surface area contributed by atoms with Crippen LogP contribution in [0.1, 0.15) is 19.8 Å². The number of para-hydroxylation sites is 1. The fraction of sp³-hybridized carbons (Fsp3) is 0.421. The lowest BCUT2D eigenvalue weighted by atomic mass is 10.1. The number of H-pyrrole nitrogens is 1. The predicted molar refractivity (Wildman–Crippen MR) is 105 cm³/mol. The van der Waals surface area contributed by atoms with Crippen molar-refractivity contribution in [1.29, 1.82) is 0 Å².